The molecule has 2 aromatic rings. The van der Waals surface area contributed by atoms with Crippen molar-refractivity contribution >= 4 is 27.6 Å². The van der Waals surface area contributed by atoms with Crippen LogP contribution in [-0.2, 0) is 0 Å². The van der Waals surface area contributed by atoms with Gasteiger partial charge in [-0.25, -0.2) is 9.31 Å². The molecule has 0 aliphatic rings. The molecule has 0 bridgehead atoms. The minimum atomic E-state index is -1.38. The molecule has 0 unspecified atom stereocenters. The number of hydrogen-bond donors (Lipinski definition) is 1. The summed E-state index contributed by atoms with van der Waals surface area (Å²) in [5, 5.41) is 12.3. The van der Waals surface area contributed by atoms with Crippen LogP contribution in [0.5, 0.6) is 5.88 Å². The average Bonchev–Trinajstić information content (AvgIpc) is 2.44. The molecule has 2 aromatic heterocycles. The van der Waals surface area contributed by atoms with E-state index in [0.717, 1.165) is 5.52 Å². The number of rotatable bonds is 1. The summed E-state index contributed by atoms with van der Waals surface area (Å²) in [6.45, 7) is 0. The second-order valence-electron chi connectivity index (χ2n) is 2.52. The van der Waals surface area contributed by atoms with Crippen LogP contribution in [0.3, 0.4) is 0 Å². The van der Waals surface area contributed by atoms with E-state index >= 15 is 0 Å². The lowest BCUT2D eigenvalue weighted by Crippen LogP contribution is -2.03. The minimum absolute atomic E-state index is 0.0451. The van der Waals surface area contributed by atoms with E-state index in [4.69, 9.17) is 5.11 Å². The van der Waals surface area contributed by atoms with Crippen LogP contribution in [0, 0.1) is 0 Å². The molecule has 0 spiro atoms. The number of nitrogens with zero attached hydrogens (tertiary/aromatic N) is 2. The van der Waals surface area contributed by atoms with Crippen molar-refractivity contribution in [1.29, 1.82) is 0 Å². The van der Waals surface area contributed by atoms with Crippen molar-refractivity contribution in [2.75, 3.05) is 0 Å². The van der Waals surface area contributed by atoms with E-state index in [1.54, 1.807) is 18.3 Å². The second-order valence-corrected chi connectivity index (χ2v) is 3.31. The molecular formula is C8H5BrN2O3. The van der Waals surface area contributed by atoms with Gasteiger partial charge < -0.3 is 9.84 Å². The molecule has 14 heavy (non-hydrogen) atoms. The third-order valence-corrected chi connectivity index (χ3v) is 2.38. The Morgan fingerprint density at radius 2 is 2.36 bits per heavy atom. The summed E-state index contributed by atoms with van der Waals surface area (Å²) >= 11 is 3.21. The lowest BCUT2D eigenvalue weighted by molar-refractivity contribution is 0.142. The molecule has 5 nitrogen and oxygen atoms in total. The Labute approximate surface area is 87.0 Å². The Hall–Kier alpha value is -1.56. The van der Waals surface area contributed by atoms with Crippen molar-refractivity contribution in [2.24, 2.45) is 0 Å². The fraction of sp³-hybridized carbons (Fsp3) is 0. The molecule has 0 fully saturated rings. The van der Waals surface area contributed by atoms with E-state index < -0.39 is 6.16 Å². The molecule has 2 heterocycles. The summed E-state index contributed by atoms with van der Waals surface area (Å²) in [7, 11) is 0. The van der Waals surface area contributed by atoms with Crippen LogP contribution in [0.4, 0.5) is 4.79 Å². The number of ether oxygens (including phenoxy) is 1. The van der Waals surface area contributed by atoms with Gasteiger partial charge in [-0.05, 0) is 28.1 Å². The number of fused-ring (bicyclic) bond motifs is 1. The number of hydrogen-bond acceptors (Lipinski definition) is 3. The summed E-state index contributed by atoms with van der Waals surface area (Å²) in [5.41, 5.74) is 0.753. The first kappa shape index (κ1) is 9.01. The lowest BCUT2D eigenvalue weighted by Gasteiger charge is -1.91. The standard InChI is InChI=1S/C8H5BrN2O3/c9-6-5-3-1-2-4-11(5)10-7(6)14-8(12)13/h1-4H,(H,12,13). The predicted octanol–water partition coefficient (Wildman–Crippen LogP) is 2.15. The van der Waals surface area contributed by atoms with E-state index in [9.17, 15) is 4.79 Å². The van der Waals surface area contributed by atoms with Gasteiger partial charge in [-0.1, -0.05) is 6.07 Å². The summed E-state index contributed by atoms with van der Waals surface area (Å²) < 4.78 is 6.53. The molecule has 0 atom stereocenters. The number of aromatic nitrogens is 2. The van der Waals surface area contributed by atoms with Gasteiger partial charge in [0.05, 0.1) is 5.52 Å². The van der Waals surface area contributed by atoms with Crippen LogP contribution < -0.4 is 4.74 Å². The maximum absolute atomic E-state index is 10.3. The Morgan fingerprint density at radius 3 is 3.00 bits per heavy atom. The van der Waals surface area contributed by atoms with Crippen LogP contribution in [0.2, 0.25) is 0 Å². The zero-order valence-corrected chi connectivity index (χ0v) is 8.43. The van der Waals surface area contributed by atoms with Gasteiger partial charge >= 0.3 is 6.16 Å². The van der Waals surface area contributed by atoms with Gasteiger partial charge in [0.1, 0.15) is 4.47 Å². The lowest BCUT2D eigenvalue weighted by atomic mass is 10.4. The zero-order valence-electron chi connectivity index (χ0n) is 6.85. The molecule has 2 rings (SSSR count). The smallest absolute Gasteiger partial charge is 0.449 e. The molecular weight excluding hydrogens is 252 g/mol. The second kappa shape index (κ2) is 3.30. The molecule has 0 saturated carbocycles. The van der Waals surface area contributed by atoms with Crippen LogP contribution >= 0.6 is 15.9 Å². The van der Waals surface area contributed by atoms with Crippen molar-refractivity contribution in [2.45, 2.75) is 0 Å². The van der Waals surface area contributed by atoms with Crippen LogP contribution in [-0.4, -0.2) is 20.9 Å². The average molecular weight is 257 g/mol. The topological polar surface area (TPSA) is 63.8 Å². The van der Waals surface area contributed by atoms with E-state index in [2.05, 4.69) is 25.8 Å². The van der Waals surface area contributed by atoms with Crippen molar-refractivity contribution < 1.29 is 14.6 Å². The summed E-state index contributed by atoms with van der Waals surface area (Å²) in [6.07, 6.45) is 0.323. The first-order chi connectivity index (χ1) is 6.68. The molecule has 1 N–H and O–H groups in total. The highest BCUT2D eigenvalue weighted by Gasteiger charge is 2.13. The van der Waals surface area contributed by atoms with Crippen molar-refractivity contribution in [3.05, 3.63) is 28.9 Å². The van der Waals surface area contributed by atoms with Crippen LogP contribution in [0.25, 0.3) is 5.52 Å². The molecule has 6 heteroatoms. The minimum Gasteiger partial charge on any atom is -0.449 e. The third kappa shape index (κ3) is 1.44. The predicted molar refractivity (Wildman–Crippen MR) is 51.5 cm³/mol. The normalized spacial score (nSPS) is 10.4. The third-order valence-electron chi connectivity index (χ3n) is 1.63. The highest BCUT2D eigenvalue weighted by molar-refractivity contribution is 9.10. The maximum atomic E-state index is 10.3. The Morgan fingerprint density at radius 1 is 1.57 bits per heavy atom. The molecule has 72 valence electrons. The van der Waals surface area contributed by atoms with Gasteiger partial charge in [0.25, 0.3) is 5.88 Å². The monoisotopic (exact) mass is 256 g/mol. The summed E-state index contributed by atoms with van der Waals surface area (Å²) in [5.74, 6) is 0.0451. The van der Waals surface area contributed by atoms with E-state index in [-0.39, 0.29) is 5.88 Å². The number of halogens is 1. The van der Waals surface area contributed by atoms with Crippen molar-refractivity contribution in [3.8, 4) is 5.88 Å². The number of carboxylic acid groups (broad SMARTS) is 1. The number of pyridine rings is 1. The van der Waals surface area contributed by atoms with Gasteiger partial charge in [-0.2, -0.15) is 0 Å². The largest absolute Gasteiger partial charge is 0.512 e. The molecule has 0 saturated heterocycles. The highest BCUT2D eigenvalue weighted by Crippen LogP contribution is 2.28. The quantitative estimate of drug-likeness (QED) is 0.795. The highest BCUT2D eigenvalue weighted by atomic mass is 79.9. The molecule has 0 radical (unpaired) electrons. The fourth-order valence-corrected chi connectivity index (χ4v) is 1.57. The van der Waals surface area contributed by atoms with Gasteiger partial charge in [-0.15, -0.1) is 5.10 Å². The fourth-order valence-electron chi connectivity index (χ4n) is 1.09. The maximum Gasteiger partial charge on any atom is 0.512 e. The Kier molecular flexibility index (Phi) is 2.12. The van der Waals surface area contributed by atoms with Gasteiger partial charge in [0, 0.05) is 6.20 Å². The van der Waals surface area contributed by atoms with Crippen LogP contribution in [0.1, 0.15) is 0 Å². The summed E-state index contributed by atoms with van der Waals surface area (Å²) in [6, 6.07) is 5.41. The molecule has 0 amide bonds. The summed E-state index contributed by atoms with van der Waals surface area (Å²) in [4.78, 5) is 10.3. The Bertz CT molecular complexity index is 494. The number of carbonyl (C=O) groups is 1. The Balaban J connectivity index is 2.57. The zero-order chi connectivity index (χ0) is 10.1. The van der Waals surface area contributed by atoms with Gasteiger partial charge in [0.15, 0.2) is 0 Å². The first-order valence-corrected chi connectivity index (χ1v) is 4.51. The molecule has 0 aromatic carbocycles. The molecule has 0 aliphatic heterocycles. The van der Waals surface area contributed by atoms with Crippen LogP contribution in [0.15, 0.2) is 28.9 Å². The van der Waals surface area contributed by atoms with Crippen molar-refractivity contribution in [1.82, 2.24) is 9.61 Å². The first-order valence-electron chi connectivity index (χ1n) is 3.72. The van der Waals surface area contributed by atoms with Crippen molar-refractivity contribution in [3.63, 3.8) is 0 Å². The van der Waals surface area contributed by atoms with E-state index in [0.29, 0.717) is 4.47 Å². The van der Waals surface area contributed by atoms with Gasteiger partial charge in [0.2, 0.25) is 0 Å². The SMILES string of the molecule is O=C(O)Oc1nn2ccccc2c1Br. The van der Waals surface area contributed by atoms with E-state index in [1.807, 2.05) is 6.07 Å². The molecule has 0 aliphatic carbocycles. The van der Waals surface area contributed by atoms with E-state index in [1.165, 1.54) is 4.52 Å². The van der Waals surface area contributed by atoms with Gasteiger partial charge in [-0.3, -0.25) is 0 Å².